The lowest BCUT2D eigenvalue weighted by molar-refractivity contribution is 0.0319. The minimum Gasteiger partial charge on any atom is -0.459 e. The molecule has 0 aliphatic heterocycles. The van der Waals surface area contributed by atoms with Crippen LogP contribution in [0, 0.1) is 0 Å². The van der Waals surface area contributed by atoms with Crippen molar-refractivity contribution in [3.8, 4) is 25.3 Å². The van der Waals surface area contributed by atoms with Crippen molar-refractivity contribution < 1.29 is 19.1 Å². The first-order valence-electron chi connectivity index (χ1n) is 17.8. The third kappa shape index (κ3) is 12.7. The van der Waals surface area contributed by atoms with Crippen molar-refractivity contribution in [2.24, 2.45) is 0 Å². The van der Waals surface area contributed by atoms with E-state index in [1.165, 1.54) is 109 Å². The molecule has 4 aromatic rings. The molecule has 0 aliphatic rings. The van der Waals surface area contributed by atoms with Gasteiger partial charge in [-0.3, -0.25) is 0 Å². The predicted octanol–water partition coefficient (Wildman–Crippen LogP) is 13.4. The number of carbonyl (C=O) groups is 2. The SMILES string of the molecule is CCCCCCCCCCCCc1ccc(-c2ccc(-c3ccc(C(=O)Oc4ccc(C(=O)O[C@@H](C)CCCCCC)cc4)s3)s2)s1. The molecule has 0 fully saturated rings. The zero-order chi connectivity index (χ0) is 33.3. The summed E-state index contributed by atoms with van der Waals surface area (Å²) in [5.41, 5.74) is 0.453. The third-order valence-electron chi connectivity index (χ3n) is 8.41. The van der Waals surface area contributed by atoms with E-state index < -0.39 is 5.97 Å². The number of unbranched alkanes of at least 4 members (excludes halogenated alkanes) is 12. The Morgan fingerprint density at radius 2 is 1.11 bits per heavy atom. The molecule has 0 amide bonds. The molecule has 7 heteroatoms. The van der Waals surface area contributed by atoms with Gasteiger partial charge < -0.3 is 9.47 Å². The van der Waals surface area contributed by atoms with Gasteiger partial charge in [0.25, 0.3) is 0 Å². The maximum absolute atomic E-state index is 12.9. The summed E-state index contributed by atoms with van der Waals surface area (Å²) >= 11 is 5.11. The van der Waals surface area contributed by atoms with Crippen LogP contribution in [0.25, 0.3) is 19.5 Å². The summed E-state index contributed by atoms with van der Waals surface area (Å²) in [6, 6.07) is 19.3. The topological polar surface area (TPSA) is 52.6 Å². The Balaban J connectivity index is 1.20. The lowest BCUT2D eigenvalue weighted by Crippen LogP contribution is -2.15. The Hall–Kier alpha value is -2.74. The number of hydrogen-bond donors (Lipinski definition) is 0. The quantitative estimate of drug-likeness (QED) is 0.0467. The summed E-state index contributed by atoms with van der Waals surface area (Å²) in [6.07, 6.45) is 20.2. The average molecular weight is 693 g/mol. The molecule has 3 aromatic heterocycles. The number of esters is 2. The number of aryl methyl sites for hydroxylation is 1. The molecule has 0 aliphatic carbocycles. The summed E-state index contributed by atoms with van der Waals surface area (Å²) < 4.78 is 11.2. The van der Waals surface area contributed by atoms with Crippen LogP contribution in [0.1, 0.15) is 142 Å². The number of thiophene rings is 3. The van der Waals surface area contributed by atoms with Crippen LogP contribution >= 0.6 is 34.0 Å². The van der Waals surface area contributed by atoms with Crippen LogP contribution in [0.5, 0.6) is 5.75 Å². The molecule has 0 saturated carbocycles. The molecular formula is C40H52O4S3. The molecule has 4 rings (SSSR count). The van der Waals surface area contributed by atoms with E-state index >= 15 is 0 Å². The zero-order valence-corrected chi connectivity index (χ0v) is 31.0. The lowest BCUT2D eigenvalue weighted by atomic mass is 10.1. The molecule has 0 N–H and O–H groups in total. The number of rotatable bonds is 22. The molecule has 4 nitrogen and oxygen atoms in total. The van der Waals surface area contributed by atoms with Gasteiger partial charge in [0.05, 0.1) is 11.7 Å². The van der Waals surface area contributed by atoms with Crippen LogP contribution in [-0.4, -0.2) is 18.0 Å². The van der Waals surface area contributed by atoms with Gasteiger partial charge in [-0.15, -0.1) is 34.0 Å². The van der Waals surface area contributed by atoms with E-state index in [4.69, 9.17) is 9.47 Å². The number of ether oxygens (including phenoxy) is 2. The Bertz CT molecular complexity index is 1480. The Kier molecular flexibility index (Phi) is 16.2. The van der Waals surface area contributed by atoms with E-state index in [1.54, 1.807) is 35.6 Å². The van der Waals surface area contributed by atoms with Gasteiger partial charge in [0, 0.05) is 24.4 Å². The van der Waals surface area contributed by atoms with Crippen molar-refractivity contribution in [1.82, 2.24) is 0 Å². The molecule has 47 heavy (non-hydrogen) atoms. The maximum atomic E-state index is 12.9. The predicted molar refractivity (Wildman–Crippen MR) is 202 cm³/mol. The standard InChI is InChI=1S/C40H52O4S3/c1-4-6-8-10-11-12-13-14-15-17-19-33-24-25-34(45-33)35-26-27-36(46-35)37-28-29-38(47-37)40(42)44-32-22-20-31(21-23-32)39(41)43-30(3)18-16-9-7-5-2/h20-30H,4-19H2,1-3H3/t30-/m0/s1. The molecule has 0 saturated heterocycles. The van der Waals surface area contributed by atoms with E-state index in [9.17, 15) is 9.59 Å². The number of carbonyl (C=O) groups excluding carboxylic acids is 2. The van der Waals surface area contributed by atoms with Crippen molar-refractivity contribution in [1.29, 1.82) is 0 Å². The van der Waals surface area contributed by atoms with Crippen molar-refractivity contribution in [3.63, 3.8) is 0 Å². The number of benzene rings is 1. The van der Waals surface area contributed by atoms with E-state index in [1.807, 2.05) is 30.4 Å². The molecule has 0 radical (unpaired) electrons. The van der Waals surface area contributed by atoms with Crippen LogP contribution in [0.2, 0.25) is 0 Å². The Morgan fingerprint density at radius 1 is 0.574 bits per heavy atom. The second kappa shape index (κ2) is 20.6. The molecule has 1 atom stereocenters. The monoisotopic (exact) mass is 692 g/mol. The molecule has 0 spiro atoms. The lowest BCUT2D eigenvalue weighted by Gasteiger charge is -2.13. The van der Waals surface area contributed by atoms with Crippen LogP contribution in [-0.2, 0) is 11.2 Å². The van der Waals surface area contributed by atoms with Crippen LogP contribution in [0.3, 0.4) is 0 Å². The summed E-state index contributed by atoms with van der Waals surface area (Å²) in [5.74, 6) is -0.348. The molecule has 1 aromatic carbocycles. The largest absolute Gasteiger partial charge is 0.459 e. The first-order valence-corrected chi connectivity index (χ1v) is 20.2. The minimum atomic E-state index is -0.399. The van der Waals surface area contributed by atoms with Gasteiger partial charge in [-0.05, 0) is 93.3 Å². The van der Waals surface area contributed by atoms with Crippen molar-refractivity contribution in [3.05, 3.63) is 76.0 Å². The first kappa shape index (κ1) is 37.1. The van der Waals surface area contributed by atoms with E-state index in [-0.39, 0.29) is 12.1 Å². The maximum Gasteiger partial charge on any atom is 0.353 e. The zero-order valence-electron chi connectivity index (χ0n) is 28.5. The Labute approximate surface area is 294 Å². The van der Waals surface area contributed by atoms with Crippen molar-refractivity contribution in [2.75, 3.05) is 0 Å². The summed E-state index contributed by atoms with van der Waals surface area (Å²) in [5, 5.41) is 0. The fourth-order valence-electron chi connectivity index (χ4n) is 5.60. The summed E-state index contributed by atoms with van der Waals surface area (Å²) in [6.45, 7) is 6.39. The van der Waals surface area contributed by atoms with E-state index in [2.05, 4.69) is 38.1 Å². The van der Waals surface area contributed by atoms with Crippen molar-refractivity contribution >= 4 is 45.9 Å². The van der Waals surface area contributed by atoms with Crippen LogP contribution in [0.15, 0.2) is 60.7 Å². The van der Waals surface area contributed by atoms with Gasteiger partial charge in [0.2, 0.25) is 0 Å². The van der Waals surface area contributed by atoms with Gasteiger partial charge >= 0.3 is 11.9 Å². The van der Waals surface area contributed by atoms with Gasteiger partial charge in [0.15, 0.2) is 0 Å². The highest BCUT2D eigenvalue weighted by Gasteiger charge is 2.16. The van der Waals surface area contributed by atoms with E-state index in [0.29, 0.717) is 16.2 Å². The van der Waals surface area contributed by atoms with Crippen LogP contribution < -0.4 is 4.74 Å². The summed E-state index contributed by atoms with van der Waals surface area (Å²) in [7, 11) is 0. The first-order chi connectivity index (χ1) is 23.0. The second-order valence-corrected chi connectivity index (χ2v) is 15.8. The van der Waals surface area contributed by atoms with Gasteiger partial charge in [-0.2, -0.15) is 0 Å². The molecule has 0 bridgehead atoms. The average Bonchev–Trinajstić information content (AvgIpc) is 3.86. The number of hydrogen-bond acceptors (Lipinski definition) is 7. The van der Waals surface area contributed by atoms with E-state index in [0.717, 1.165) is 29.0 Å². The molecule has 3 heterocycles. The fraction of sp³-hybridized carbons (Fsp3) is 0.500. The highest BCUT2D eigenvalue weighted by Crippen LogP contribution is 2.40. The summed E-state index contributed by atoms with van der Waals surface area (Å²) in [4.78, 5) is 32.2. The molecule has 0 unspecified atom stereocenters. The van der Waals surface area contributed by atoms with Gasteiger partial charge in [-0.25, -0.2) is 9.59 Å². The second-order valence-electron chi connectivity index (χ2n) is 12.5. The van der Waals surface area contributed by atoms with Gasteiger partial charge in [-0.1, -0.05) is 90.9 Å². The smallest absolute Gasteiger partial charge is 0.353 e. The molecule has 254 valence electrons. The fourth-order valence-corrected chi connectivity index (χ4v) is 8.72. The highest BCUT2D eigenvalue weighted by molar-refractivity contribution is 7.26. The normalized spacial score (nSPS) is 11.9. The van der Waals surface area contributed by atoms with Crippen LogP contribution in [0.4, 0.5) is 0 Å². The van der Waals surface area contributed by atoms with Gasteiger partial charge in [0.1, 0.15) is 10.6 Å². The third-order valence-corrected chi connectivity index (χ3v) is 12.1. The highest BCUT2D eigenvalue weighted by atomic mass is 32.1. The minimum absolute atomic E-state index is 0.119. The Morgan fingerprint density at radius 3 is 1.77 bits per heavy atom. The molecular weight excluding hydrogens is 641 g/mol. The van der Waals surface area contributed by atoms with Crippen molar-refractivity contribution in [2.45, 2.75) is 130 Å².